The normalized spacial score (nSPS) is 26.9. The quantitative estimate of drug-likeness (QED) is 0.251. The zero-order chi connectivity index (χ0) is 31.0. The number of nitrogens with zero attached hydrogens (tertiary/aromatic N) is 6. The molecule has 0 saturated heterocycles. The van der Waals surface area contributed by atoms with Crippen LogP contribution in [0.3, 0.4) is 0 Å². The monoisotopic (exact) mass is 628 g/mol. The number of fused-ring (bicyclic) bond motifs is 5. The fraction of sp³-hybridized carbons (Fsp3) is 0.529. The number of aryl methyl sites for hydroxylation is 1. The molecule has 0 N–H and O–H groups in total. The summed E-state index contributed by atoms with van der Waals surface area (Å²) in [5.41, 5.74) is 2.83. The van der Waals surface area contributed by atoms with Crippen LogP contribution in [0.25, 0.3) is 16.7 Å². The first-order valence-corrected chi connectivity index (χ1v) is 18.3. The second-order valence-electron chi connectivity index (χ2n) is 13.8. The number of hydrogen-bond acceptors (Lipinski definition) is 7. The van der Waals surface area contributed by atoms with Gasteiger partial charge in [0.15, 0.2) is 0 Å². The number of hydrogen-bond donors (Lipinski definition) is 0. The maximum atomic E-state index is 13.5. The van der Waals surface area contributed by atoms with Crippen molar-refractivity contribution in [3.8, 4) is 11.6 Å². The Bertz CT molecular complexity index is 1910. The van der Waals surface area contributed by atoms with Crippen molar-refractivity contribution in [3.05, 3.63) is 66.3 Å². The Labute approximate surface area is 263 Å². The molecule has 1 spiro atoms. The molecule has 3 aromatic heterocycles. The van der Waals surface area contributed by atoms with E-state index in [2.05, 4.69) is 21.0 Å². The molecular formula is C34H40N6O4S. The van der Waals surface area contributed by atoms with E-state index in [1.54, 1.807) is 0 Å². The van der Waals surface area contributed by atoms with Gasteiger partial charge in [-0.15, -0.1) is 0 Å². The Kier molecular flexibility index (Phi) is 6.64. The predicted molar refractivity (Wildman–Crippen MR) is 170 cm³/mol. The van der Waals surface area contributed by atoms with Gasteiger partial charge in [0.05, 0.1) is 24.4 Å². The molecular weight excluding hydrogens is 588 g/mol. The largest absolute Gasteiger partial charge is 0.493 e. The molecule has 8 rings (SSSR count). The second kappa shape index (κ2) is 10.4. The van der Waals surface area contributed by atoms with Gasteiger partial charge in [0.2, 0.25) is 5.91 Å². The first-order valence-electron chi connectivity index (χ1n) is 16.2. The maximum Gasteiger partial charge on any atom is 0.226 e. The molecule has 2 atom stereocenters. The molecule has 0 radical (unpaired) electrons. The van der Waals surface area contributed by atoms with Crippen LogP contribution in [0.2, 0.25) is 0 Å². The molecule has 3 saturated carbocycles. The molecule has 4 aromatic rings. The fourth-order valence-corrected chi connectivity index (χ4v) is 9.37. The highest BCUT2D eigenvalue weighted by Gasteiger charge is 2.87. The Morgan fingerprint density at radius 3 is 2.76 bits per heavy atom. The highest BCUT2D eigenvalue weighted by atomic mass is 32.2. The summed E-state index contributed by atoms with van der Waals surface area (Å²) in [6.07, 6.45) is 13.8. The molecule has 3 fully saturated rings. The molecule has 45 heavy (non-hydrogen) atoms. The van der Waals surface area contributed by atoms with Crippen LogP contribution in [0.1, 0.15) is 55.9 Å². The van der Waals surface area contributed by atoms with E-state index >= 15 is 0 Å². The summed E-state index contributed by atoms with van der Waals surface area (Å²) < 4.78 is 33.2. The summed E-state index contributed by atoms with van der Waals surface area (Å²) in [6.45, 7) is 4.68. The highest BCUT2D eigenvalue weighted by molar-refractivity contribution is 7.90. The van der Waals surface area contributed by atoms with Crippen molar-refractivity contribution in [2.45, 2.75) is 65.0 Å². The third kappa shape index (κ3) is 4.85. The molecule has 2 unspecified atom stereocenters. The van der Waals surface area contributed by atoms with Crippen molar-refractivity contribution in [2.24, 2.45) is 22.7 Å². The van der Waals surface area contributed by atoms with E-state index in [0.717, 1.165) is 85.2 Å². The van der Waals surface area contributed by atoms with Crippen LogP contribution in [-0.4, -0.2) is 68.5 Å². The molecule has 11 heteroatoms. The molecule has 4 aliphatic rings. The van der Waals surface area contributed by atoms with Gasteiger partial charge < -0.3 is 18.8 Å². The van der Waals surface area contributed by atoms with E-state index in [4.69, 9.17) is 14.7 Å². The van der Waals surface area contributed by atoms with Gasteiger partial charge in [-0.3, -0.25) is 4.79 Å². The van der Waals surface area contributed by atoms with Gasteiger partial charge in [0.25, 0.3) is 0 Å². The molecule has 1 amide bonds. The lowest BCUT2D eigenvalue weighted by Gasteiger charge is -2.38. The number of ether oxygens (including phenoxy) is 1. The summed E-state index contributed by atoms with van der Waals surface area (Å²) in [5, 5.41) is 0.968. The summed E-state index contributed by atoms with van der Waals surface area (Å²) >= 11 is 0. The second-order valence-corrected chi connectivity index (χ2v) is 16.0. The van der Waals surface area contributed by atoms with E-state index in [9.17, 15) is 13.2 Å². The Hall–Kier alpha value is -3.73. The summed E-state index contributed by atoms with van der Waals surface area (Å²) in [6, 6.07) is 9.88. The van der Waals surface area contributed by atoms with E-state index < -0.39 is 9.84 Å². The lowest BCUT2D eigenvalue weighted by Crippen LogP contribution is -2.43. The van der Waals surface area contributed by atoms with E-state index in [0.29, 0.717) is 36.3 Å². The number of rotatable bonds is 9. The SMILES string of the molecule is Cc1cnc2n1CCN(C(=O)C1CCC3(CC1)C1CC13Cc1nccc(-n3ccc4c(OCCCS(C)(=O)=O)cccc43)n1)C2. The lowest BCUT2D eigenvalue weighted by molar-refractivity contribution is -0.138. The maximum absolute atomic E-state index is 13.5. The lowest BCUT2D eigenvalue weighted by atomic mass is 9.70. The van der Waals surface area contributed by atoms with Crippen LogP contribution in [0.4, 0.5) is 0 Å². The fourth-order valence-electron chi connectivity index (χ4n) is 8.73. The van der Waals surface area contributed by atoms with Crippen LogP contribution in [0, 0.1) is 29.6 Å². The van der Waals surface area contributed by atoms with Crippen LogP contribution in [-0.2, 0) is 34.1 Å². The summed E-state index contributed by atoms with van der Waals surface area (Å²) in [7, 11) is -3.01. The van der Waals surface area contributed by atoms with Crippen LogP contribution >= 0.6 is 0 Å². The molecule has 3 aliphatic carbocycles. The standard InChI is InChI=1S/C34H40N6O4S/c1-23-21-36-31-22-38(15-16-39(23)31)32(41)24-7-11-33(12-8-24)28-19-34(28,33)20-29-35-13-9-30(37-29)40-14-10-25-26(40)5-3-6-27(25)44-17-4-18-45(2,42)43/h3,5-6,9-10,13-14,21,24,28H,4,7-8,11-12,15-20,22H2,1-2H3. The van der Waals surface area contributed by atoms with Crippen molar-refractivity contribution in [1.82, 2.24) is 29.0 Å². The Morgan fingerprint density at radius 2 is 1.96 bits per heavy atom. The van der Waals surface area contributed by atoms with E-state index in [1.165, 1.54) is 18.4 Å². The van der Waals surface area contributed by atoms with Gasteiger partial charge in [-0.25, -0.2) is 23.4 Å². The van der Waals surface area contributed by atoms with Crippen LogP contribution in [0.5, 0.6) is 5.75 Å². The number of carbonyl (C=O) groups is 1. The van der Waals surface area contributed by atoms with Gasteiger partial charge >= 0.3 is 0 Å². The minimum Gasteiger partial charge on any atom is -0.493 e. The molecule has 4 heterocycles. The average molecular weight is 629 g/mol. The number of sulfone groups is 1. The first kappa shape index (κ1) is 28.7. The van der Waals surface area contributed by atoms with Crippen molar-refractivity contribution in [2.75, 3.05) is 25.2 Å². The van der Waals surface area contributed by atoms with Gasteiger partial charge in [-0.05, 0) is 86.5 Å². The minimum absolute atomic E-state index is 0.113. The number of carbonyl (C=O) groups excluding carboxylic acids is 1. The summed E-state index contributed by atoms with van der Waals surface area (Å²) in [5.74, 6) is 4.77. The average Bonchev–Trinajstić information content (AvgIpc) is 3.70. The van der Waals surface area contributed by atoms with Crippen molar-refractivity contribution < 1.29 is 17.9 Å². The summed E-state index contributed by atoms with van der Waals surface area (Å²) in [4.78, 5) is 29.8. The predicted octanol–water partition coefficient (Wildman–Crippen LogP) is 4.52. The van der Waals surface area contributed by atoms with Crippen molar-refractivity contribution in [1.29, 1.82) is 0 Å². The number of benzene rings is 1. The van der Waals surface area contributed by atoms with Gasteiger partial charge in [-0.2, -0.15) is 0 Å². The molecule has 1 aromatic carbocycles. The zero-order valence-corrected chi connectivity index (χ0v) is 26.8. The van der Waals surface area contributed by atoms with E-state index in [-0.39, 0.29) is 11.7 Å². The zero-order valence-electron chi connectivity index (χ0n) is 26.0. The third-order valence-corrected chi connectivity index (χ3v) is 12.3. The minimum atomic E-state index is -3.01. The van der Waals surface area contributed by atoms with Crippen molar-refractivity contribution >= 4 is 26.6 Å². The Morgan fingerprint density at radius 1 is 1.11 bits per heavy atom. The number of aromatic nitrogens is 5. The first-order chi connectivity index (χ1) is 21.7. The number of amides is 1. The molecule has 0 bridgehead atoms. The highest BCUT2D eigenvalue weighted by Crippen LogP contribution is 2.92. The van der Waals surface area contributed by atoms with Crippen molar-refractivity contribution in [3.63, 3.8) is 0 Å². The van der Waals surface area contributed by atoms with Gasteiger partial charge in [0.1, 0.15) is 33.1 Å². The van der Waals surface area contributed by atoms with Gasteiger partial charge in [0, 0.05) is 61.4 Å². The van der Waals surface area contributed by atoms with E-state index in [1.807, 2.05) is 53.8 Å². The third-order valence-electron chi connectivity index (χ3n) is 11.3. The molecule has 10 nitrogen and oxygen atoms in total. The van der Waals surface area contributed by atoms with Crippen LogP contribution < -0.4 is 4.74 Å². The number of imidazole rings is 1. The van der Waals surface area contributed by atoms with Gasteiger partial charge in [-0.1, -0.05) is 6.07 Å². The Balaban J connectivity index is 0.912. The molecule has 1 aliphatic heterocycles. The molecule has 236 valence electrons. The smallest absolute Gasteiger partial charge is 0.226 e. The van der Waals surface area contributed by atoms with Crippen LogP contribution in [0.15, 0.2) is 48.9 Å². The topological polar surface area (TPSA) is 112 Å².